The highest BCUT2D eigenvalue weighted by Gasteiger charge is 2.27. The van der Waals surface area contributed by atoms with Gasteiger partial charge in [0.2, 0.25) is 0 Å². The number of ether oxygens (including phenoxy) is 1. The van der Waals surface area contributed by atoms with Crippen LogP contribution in [0.15, 0.2) is 0 Å². The second-order valence-electron chi connectivity index (χ2n) is 5.98. The Balaban J connectivity index is 1.80. The van der Waals surface area contributed by atoms with Crippen LogP contribution in [-0.4, -0.2) is 49.8 Å². The summed E-state index contributed by atoms with van der Waals surface area (Å²) in [5.41, 5.74) is 0. The van der Waals surface area contributed by atoms with Gasteiger partial charge in [0, 0.05) is 19.1 Å². The molecule has 3 unspecified atom stereocenters. The summed E-state index contributed by atoms with van der Waals surface area (Å²) in [4.78, 5) is 2.66. The van der Waals surface area contributed by atoms with Crippen molar-refractivity contribution in [2.75, 3.05) is 32.8 Å². The first-order valence-electron chi connectivity index (χ1n) is 7.87. The van der Waals surface area contributed by atoms with Gasteiger partial charge in [0.15, 0.2) is 0 Å². The monoisotopic (exact) mass is 254 g/mol. The molecule has 3 atom stereocenters. The van der Waals surface area contributed by atoms with Crippen LogP contribution in [0.2, 0.25) is 0 Å². The van der Waals surface area contributed by atoms with Crippen LogP contribution in [0.3, 0.4) is 0 Å². The molecule has 0 aliphatic carbocycles. The molecular formula is C15H30N2O. The number of hydrogen-bond acceptors (Lipinski definition) is 3. The smallest absolute Gasteiger partial charge is 0.0852 e. The second-order valence-corrected chi connectivity index (χ2v) is 5.98. The fourth-order valence-electron chi connectivity index (χ4n) is 3.42. The third kappa shape index (κ3) is 3.94. The van der Waals surface area contributed by atoms with Gasteiger partial charge in [-0.2, -0.15) is 0 Å². The van der Waals surface area contributed by atoms with E-state index in [1.165, 1.54) is 45.2 Å². The largest absolute Gasteiger partial charge is 0.374 e. The minimum atomic E-state index is 0.390. The van der Waals surface area contributed by atoms with E-state index in [4.69, 9.17) is 4.74 Å². The van der Waals surface area contributed by atoms with E-state index in [1.807, 2.05) is 0 Å². The van der Waals surface area contributed by atoms with E-state index in [9.17, 15) is 0 Å². The lowest BCUT2D eigenvalue weighted by Gasteiger charge is -2.36. The summed E-state index contributed by atoms with van der Waals surface area (Å²) in [5, 5.41) is 3.45. The van der Waals surface area contributed by atoms with Crippen LogP contribution in [0.5, 0.6) is 0 Å². The standard InChI is InChI=1S/C15H30N2O/c1-3-5-14-6-4-9-17(10-7-14)13(2)15-12-16-8-11-18-15/h13-16H,3-12H2,1-2H3. The van der Waals surface area contributed by atoms with E-state index in [0.717, 1.165) is 25.6 Å². The Morgan fingerprint density at radius 2 is 2.22 bits per heavy atom. The predicted molar refractivity (Wildman–Crippen MR) is 75.9 cm³/mol. The number of nitrogens with one attached hydrogen (secondary N) is 1. The van der Waals surface area contributed by atoms with E-state index < -0.39 is 0 Å². The first-order valence-corrected chi connectivity index (χ1v) is 7.87. The molecule has 2 fully saturated rings. The molecule has 0 bridgehead atoms. The maximum absolute atomic E-state index is 5.90. The molecule has 2 saturated heterocycles. The Bertz CT molecular complexity index is 229. The molecule has 0 amide bonds. The van der Waals surface area contributed by atoms with Crippen LogP contribution in [0, 0.1) is 5.92 Å². The van der Waals surface area contributed by atoms with Crippen LogP contribution >= 0.6 is 0 Å². The minimum Gasteiger partial charge on any atom is -0.374 e. The molecule has 18 heavy (non-hydrogen) atoms. The predicted octanol–water partition coefficient (Wildman–Crippen LogP) is 2.27. The third-order valence-corrected chi connectivity index (χ3v) is 4.65. The molecule has 2 aliphatic heterocycles. The Morgan fingerprint density at radius 3 is 2.94 bits per heavy atom. The number of rotatable bonds is 4. The Morgan fingerprint density at radius 1 is 1.33 bits per heavy atom. The van der Waals surface area contributed by atoms with Gasteiger partial charge < -0.3 is 10.1 Å². The molecule has 0 radical (unpaired) electrons. The summed E-state index contributed by atoms with van der Waals surface area (Å²) in [7, 11) is 0. The molecule has 2 heterocycles. The fraction of sp³-hybridized carbons (Fsp3) is 1.00. The molecule has 0 aromatic rings. The molecular weight excluding hydrogens is 224 g/mol. The molecule has 106 valence electrons. The molecule has 0 spiro atoms. The van der Waals surface area contributed by atoms with Crippen LogP contribution < -0.4 is 5.32 Å². The molecule has 0 saturated carbocycles. The van der Waals surface area contributed by atoms with Gasteiger partial charge in [0.25, 0.3) is 0 Å². The summed E-state index contributed by atoms with van der Waals surface area (Å²) in [6.45, 7) is 10.1. The van der Waals surface area contributed by atoms with Gasteiger partial charge >= 0.3 is 0 Å². The Kier molecular flexibility index (Phi) is 5.93. The van der Waals surface area contributed by atoms with Crippen molar-refractivity contribution in [1.29, 1.82) is 0 Å². The lowest BCUT2D eigenvalue weighted by atomic mass is 9.96. The summed E-state index contributed by atoms with van der Waals surface area (Å²) in [5.74, 6) is 0.970. The van der Waals surface area contributed by atoms with E-state index in [-0.39, 0.29) is 0 Å². The zero-order chi connectivity index (χ0) is 12.8. The normalized spacial score (nSPS) is 33.0. The summed E-state index contributed by atoms with van der Waals surface area (Å²) in [6.07, 6.45) is 7.34. The molecule has 1 N–H and O–H groups in total. The van der Waals surface area contributed by atoms with Gasteiger partial charge in [0.1, 0.15) is 0 Å². The lowest BCUT2D eigenvalue weighted by molar-refractivity contribution is -0.0255. The molecule has 2 rings (SSSR count). The summed E-state index contributed by atoms with van der Waals surface area (Å²) < 4.78 is 5.90. The van der Waals surface area contributed by atoms with E-state index in [0.29, 0.717) is 12.1 Å². The maximum Gasteiger partial charge on any atom is 0.0852 e. The Labute approximate surface area is 112 Å². The van der Waals surface area contributed by atoms with E-state index in [2.05, 4.69) is 24.1 Å². The number of nitrogens with zero attached hydrogens (tertiary/aromatic N) is 1. The first-order chi connectivity index (χ1) is 8.81. The van der Waals surface area contributed by atoms with Crippen molar-refractivity contribution in [3.8, 4) is 0 Å². The van der Waals surface area contributed by atoms with Crippen molar-refractivity contribution in [1.82, 2.24) is 10.2 Å². The topological polar surface area (TPSA) is 24.5 Å². The van der Waals surface area contributed by atoms with Gasteiger partial charge in [-0.1, -0.05) is 19.8 Å². The van der Waals surface area contributed by atoms with Crippen LogP contribution in [-0.2, 0) is 4.74 Å². The SMILES string of the molecule is CCCC1CCCN(C(C)C2CNCCO2)CC1. The zero-order valence-corrected chi connectivity index (χ0v) is 12.2. The molecule has 3 nitrogen and oxygen atoms in total. The number of morpholine rings is 1. The van der Waals surface area contributed by atoms with Gasteiger partial charge in [0.05, 0.1) is 12.7 Å². The quantitative estimate of drug-likeness (QED) is 0.833. The van der Waals surface area contributed by atoms with Crippen molar-refractivity contribution in [3.63, 3.8) is 0 Å². The highest BCUT2D eigenvalue weighted by molar-refractivity contribution is 4.82. The van der Waals surface area contributed by atoms with Crippen molar-refractivity contribution >= 4 is 0 Å². The zero-order valence-electron chi connectivity index (χ0n) is 12.2. The minimum absolute atomic E-state index is 0.390. The average molecular weight is 254 g/mol. The van der Waals surface area contributed by atoms with Crippen LogP contribution in [0.25, 0.3) is 0 Å². The van der Waals surface area contributed by atoms with Crippen molar-refractivity contribution in [3.05, 3.63) is 0 Å². The fourth-order valence-corrected chi connectivity index (χ4v) is 3.42. The highest BCUT2D eigenvalue weighted by Crippen LogP contribution is 2.24. The van der Waals surface area contributed by atoms with Gasteiger partial charge in [-0.25, -0.2) is 0 Å². The number of hydrogen-bond donors (Lipinski definition) is 1. The average Bonchev–Trinajstić information content (AvgIpc) is 2.65. The molecule has 3 heteroatoms. The van der Waals surface area contributed by atoms with Gasteiger partial charge in [-0.3, -0.25) is 4.90 Å². The lowest BCUT2D eigenvalue weighted by Crippen LogP contribution is -2.51. The first kappa shape index (κ1) is 14.3. The maximum atomic E-state index is 5.90. The van der Waals surface area contributed by atoms with Crippen molar-refractivity contribution in [2.45, 2.75) is 58.1 Å². The number of likely N-dealkylation sites (tertiary alicyclic amines) is 1. The van der Waals surface area contributed by atoms with E-state index >= 15 is 0 Å². The van der Waals surface area contributed by atoms with E-state index in [1.54, 1.807) is 0 Å². The molecule has 0 aromatic carbocycles. The van der Waals surface area contributed by atoms with Gasteiger partial charge in [-0.15, -0.1) is 0 Å². The van der Waals surface area contributed by atoms with Crippen LogP contribution in [0.4, 0.5) is 0 Å². The Hall–Kier alpha value is -0.120. The summed E-state index contributed by atoms with van der Waals surface area (Å²) in [6, 6.07) is 0.568. The van der Waals surface area contributed by atoms with Crippen molar-refractivity contribution < 1.29 is 4.74 Å². The molecule has 0 aromatic heterocycles. The second kappa shape index (κ2) is 7.46. The third-order valence-electron chi connectivity index (χ3n) is 4.65. The summed E-state index contributed by atoms with van der Waals surface area (Å²) >= 11 is 0. The van der Waals surface area contributed by atoms with Gasteiger partial charge in [-0.05, 0) is 45.2 Å². The highest BCUT2D eigenvalue weighted by atomic mass is 16.5. The van der Waals surface area contributed by atoms with Crippen molar-refractivity contribution in [2.24, 2.45) is 5.92 Å². The van der Waals surface area contributed by atoms with Crippen LogP contribution in [0.1, 0.15) is 46.0 Å². The molecule has 2 aliphatic rings.